The van der Waals surface area contributed by atoms with E-state index in [2.05, 4.69) is 0 Å². The van der Waals surface area contributed by atoms with Crippen LogP contribution in [-0.2, 0) is 0 Å². The van der Waals surface area contributed by atoms with Gasteiger partial charge < -0.3 is 4.74 Å². The lowest BCUT2D eigenvalue weighted by atomic mass is 9.87. The van der Waals surface area contributed by atoms with Gasteiger partial charge in [0.25, 0.3) is 0 Å². The maximum atomic E-state index is 13.9. The molecule has 5 heteroatoms. The van der Waals surface area contributed by atoms with Crippen molar-refractivity contribution >= 4 is 11.6 Å². The Kier molecular flexibility index (Phi) is 3.81. The molecular formula is C16H12ClF3O. The van der Waals surface area contributed by atoms with Gasteiger partial charge in [-0.1, -0.05) is 18.2 Å². The zero-order valence-electron chi connectivity index (χ0n) is 11.0. The van der Waals surface area contributed by atoms with E-state index < -0.39 is 22.8 Å². The summed E-state index contributed by atoms with van der Waals surface area (Å²) in [6, 6.07) is 8.71. The zero-order chi connectivity index (χ0) is 15.0. The van der Waals surface area contributed by atoms with Crippen molar-refractivity contribution in [2.45, 2.75) is 17.7 Å². The molecule has 3 rings (SSSR count). The van der Waals surface area contributed by atoms with Gasteiger partial charge in [-0.2, -0.15) is 0 Å². The molecule has 0 radical (unpaired) electrons. The molecule has 0 saturated heterocycles. The SMILES string of the molecule is Fc1cc(F)c(C(Cl)C2CCOc3ccccc32)cc1F. The van der Waals surface area contributed by atoms with Crippen molar-refractivity contribution in [2.24, 2.45) is 0 Å². The van der Waals surface area contributed by atoms with Gasteiger partial charge in [0.1, 0.15) is 11.6 Å². The normalized spacial score (nSPS) is 18.8. The highest BCUT2D eigenvalue weighted by Crippen LogP contribution is 2.45. The van der Waals surface area contributed by atoms with E-state index in [9.17, 15) is 13.2 Å². The molecule has 0 aliphatic carbocycles. The topological polar surface area (TPSA) is 9.23 Å². The second kappa shape index (κ2) is 5.60. The summed E-state index contributed by atoms with van der Waals surface area (Å²) in [5.41, 5.74) is 0.824. The Bertz CT molecular complexity index is 675. The maximum Gasteiger partial charge on any atom is 0.161 e. The molecule has 0 saturated carbocycles. The average Bonchev–Trinajstić information content (AvgIpc) is 2.49. The molecule has 2 aromatic rings. The molecule has 0 bridgehead atoms. The largest absolute Gasteiger partial charge is 0.493 e. The highest BCUT2D eigenvalue weighted by Gasteiger charge is 2.30. The van der Waals surface area contributed by atoms with E-state index in [-0.39, 0.29) is 11.5 Å². The molecule has 0 aromatic heterocycles. The van der Waals surface area contributed by atoms with Gasteiger partial charge in [-0.15, -0.1) is 11.6 Å². The Hall–Kier alpha value is -1.68. The van der Waals surface area contributed by atoms with Crippen LogP contribution in [0.5, 0.6) is 5.75 Å². The van der Waals surface area contributed by atoms with E-state index >= 15 is 0 Å². The second-order valence-electron chi connectivity index (χ2n) is 4.97. The van der Waals surface area contributed by atoms with Gasteiger partial charge in [-0.05, 0) is 24.1 Å². The van der Waals surface area contributed by atoms with Gasteiger partial charge in [0.2, 0.25) is 0 Å². The van der Waals surface area contributed by atoms with Gasteiger partial charge in [-0.3, -0.25) is 0 Å². The fourth-order valence-corrected chi connectivity index (χ4v) is 3.07. The van der Waals surface area contributed by atoms with Crippen LogP contribution in [0.1, 0.15) is 28.8 Å². The molecule has 2 aromatic carbocycles. The molecule has 0 spiro atoms. The number of benzene rings is 2. The summed E-state index contributed by atoms with van der Waals surface area (Å²) in [5.74, 6) is -2.67. The van der Waals surface area contributed by atoms with Crippen LogP contribution in [0.3, 0.4) is 0 Å². The summed E-state index contributed by atoms with van der Waals surface area (Å²) < 4.78 is 45.8. The van der Waals surface area contributed by atoms with E-state index in [1.807, 2.05) is 24.3 Å². The smallest absolute Gasteiger partial charge is 0.161 e. The molecule has 1 nitrogen and oxygen atoms in total. The molecule has 110 valence electrons. The third kappa shape index (κ3) is 2.60. The molecule has 1 heterocycles. The van der Waals surface area contributed by atoms with Crippen molar-refractivity contribution in [1.29, 1.82) is 0 Å². The van der Waals surface area contributed by atoms with Crippen LogP contribution in [0.4, 0.5) is 13.2 Å². The first-order valence-electron chi connectivity index (χ1n) is 6.58. The summed E-state index contributed by atoms with van der Waals surface area (Å²) in [7, 11) is 0. The number of halogens is 4. The van der Waals surface area contributed by atoms with Crippen LogP contribution in [-0.4, -0.2) is 6.61 Å². The van der Waals surface area contributed by atoms with Crippen molar-refractivity contribution in [1.82, 2.24) is 0 Å². The molecular weight excluding hydrogens is 301 g/mol. The highest BCUT2D eigenvalue weighted by molar-refractivity contribution is 6.21. The number of fused-ring (bicyclic) bond motifs is 1. The summed E-state index contributed by atoms with van der Waals surface area (Å²) in [4.78, 5) is 0. The van der Waals surface area contributed by atoms with Crippen LogP contribution in [0.15, 0.2) is 36.4 Å². The Labute approximate surface area is 125 Å². The van der Waals surface area contributed by atoms with Crippen LogP contribution in [0.2, 0.25) is 0 Å². The highest BCUT2D eigenvalue weighted by atomic mass is 35.5. The molecule has 2 unspecified atom stereocenters. The zero-order valence-corrected chi connectivity index (χ0v) is 11.7. The molecule has 21 heavy (non-hydrogen) atoms. The van der Waals surface area contributed by atoms with E-state index in [1.165, 1.54) is 0 Å². The molecule has 0 amide bonds. The number of ether oxygens (including phenoxy) is 1. The van der Waals surface area contributed by atoms with Crippen LogP contribution in [0.25, 0.3) is 0 Å². The van der Waals surface area contributed by atoms with Gasteiger partial charge in [0.05, 0.1) is 12.0 Å². The predicted octanol–water partition coefficient (Wildman–Crippen LogP) is 4.95. The van der Waals surface area contributed by atoms with Crippen molar-refractivity contribution < 1.29 is 17.9 Å². The van der Waals surface area contributed by atoms with Gasteiger partial charge >= 0.3 is 0 Å². The first-order chi connectivity index (χ1) is 10.1. The number of alkyl halides is 1. The van der Waals surface area contributed by atoms with Crippen molar-refractivity contribution in [2.75, 3.05) is 6.61 Å². The van der Waals surface area contributed by atoms with Crippen LogP contribution >= 0.6 is 11.6 Å². The molecule has 1 aliphatic rings. The summed E-state index contributed by atoms with van der Waals surface area (Å²) >= 11 is 6.36. The molecule has 0 N–H and O–H groups in total. The molecule has 1 aliphatic heterocycles. The van der Waals surface area contributed by atoms with Gasteiger partial charge in [0.15, 0.2) is 11.6 Å². The number of para-hydroxylation sites is 1. The van der Waals surface area contributed by atoms with E-state index in [4.69, 9.17) is 16.3 Å². The quantitative estimate of drug-likeness (QED) is 0.563. The minimum Gasteiger partial charge on any atom is -0.493 e. The first kappa shape index (κ1) is 14.3. The van der Waals surface area contributed by atoms with Crippen LogP contribution in [0, 0.1) is 17.5 Å². The molecule has 0 fully saturated rings. The Morgan fingerprint density at radius 1 is 1.05 bits per heavy atom. The number of hydrogen-bond donors (Lipinski definition) is 0. The summed E-state index contributed by atoms with van der Waals surface area (Å²) in [6.45, 7) is 0.455. The maximum absolute atomic E-state index is 13.9. The standard InChI is InChI=1S/C16H12ClF3O/c17-16(11-7-13(19)14(20)8-12(11)18)10-5-6-21-15-4-2-1-3-9(10)15/h1-4,7-8,10,16H,5-6H2. The van der Waals surface area contributed by atoms with E-state index in [0.29, 0.717) is 24.8 Å². The summed E-state index contributed by atoms with van der Waals surface area (Å²) in [6.07, 6.45) is 0.587. The third-order valence-electron chi connectivity index (χ3n) is 3.69. The predicted molar refractivity (Wildman–Crippen MR) is 74.2 cm³/mol. The van der Waals surface area contributed by atoms with Crippen molar-refractivity contribution in [3.63, 3.8) is 0 Å². The third-order valence-corrected chi connectivity index (χ3v) is 4.23. The lowest BCUT2D eigenvalue weighted by Crippen LogP contribution is -2.18. The minimum atomic E-state index is -1.22. The van der Waals surface area contributed by atoms with Crippen molar-refractivity contribution in [3.8, 4) is 5.75 Å². The van der Waals surface area contributed by atoms with Crippen molar-refractivity contribution in [3.05, 3.63) is 65.0 Å². The van der Waals surface area contributed by atoms with Gasteiger partial charge in [-0.25, -0.2) is 13.2 Å². The monoisotopic (exact) mass is 312 g/mol. The Morgan fingerprint density at radius 3 is 2.57 bits per heavy atom. The number of rotatable bonds is 2. The van der Waals surface area contributed by atoms with Gasteiger partial charge in [0, 0.05) is 17.5 Å². The van der Waals surface area contributed by atoms with E-state index in [0.717, 1.165) is 11.6 Å². The second-order valence-corrected chi connectivity index (χ2v) is 5.44. The number of hydrogen-bond acceptors (Lipinski definition) is 1. The lowest BCUT2D eigenvalue weighted by Gasteiger charge is -2.29. The average molecular weight is 313 g/mol. The van der Waals surface area contributed by atoms with E-state index in [1.54, 1.807) is 0 Å². The van der Waals surface area contributed by atoms with Crippen LogP contribution < -0.4 is 4.74 Å². The Balaban J connectivity index is 2.00. The fraction of sp³-hybridized carbons (Fsp3) is 0.250. The lowest BCUT2D eigenvalue weighted by molar-refractivity contribution is 0.264. The minimum absolute atomic E-state index is 0.0303. The Morgan fingerprint density at radius 2 is 1.76 bits per heavy atom. The first-order valence-corrected chi connectivity index (χ1v) is 7.02. The molecule has 2 atom stereocenters. The fourth-order valence-electron chi connectivity index (χ4n) is 2.64. The summed E-state index contributed by atoms with van der Waals surface area (Å²) in [5, 5.41) is -0.787.